The molecule has 2 atom stereocenters. The van der Waals surface area contributed by atoms with E-state index in [0.717, 1.165) is 24.3 Å². The summed E-state index contributed by atoms with van der Waals surface area (Å²) >= 11 is 0. The summed E-state index contributed by atoms with van der Waals surface area (Å²) in [5, 5.41) is 3.93. The van der Waals surface area contributed by atoms with E-state index < -0.39 is 0 Å². The average molecular weight is 208 g/mol. The zero-order chi connectivity index (χ0) is 10.3. The first kappa shape index (κ1) is 9.30. The zero-order valence-electron chi connectivity index (χ0n) is 8.72. The van der Waals surface area contributed by atoms with Gasteiger partial charge in [0.25, 0.3) is 0 Å². The lowest BCUT2D eigenvalue weighted by atomic mass is 10.1. The highest BCUT2D eigenvalue weighted by atomic mass is 16.5. The van der Waals surface area contributed by atoms with Gasteiger partial charge in [-0.25, -0.2) is 0 Å². The van der Waals surface area contributed by atoms with Crippen LogP contribution in [-0.4, -0.2) is 27.6 Å². The highest BCUT2D eigenvalue weighted by Gasteiger charge is 2.37. The molecule has 15 heavy (non-hydrogen) atoms. The van der Waals surface area contributed by atoms with Crippen LogP contribution in [0.3, 0.4) is 0 Å². The summed E-state index contributed by atoms with van der Waals surface area (Å²) in [5.74, 6) is 2.23. The molecule has 1 aliphatic carbocycles. The molecule has 5 heteroatoms. The zero-order valence-corrected chi connectivity index (χ0v) is 8.72. The predicted octanol–water partition coefficient (Wildman–Crippen LogP) is 0.513. The van der Waals surface area contributed by atoms with Crippen molar-refractivity contribution in [3.05, 3.63) is 11.7 Å². The molecule has 0 amide bonds. The van der Waals surface area contributed by atoms with Crippen LogP contribution in [0.4, 0.5) is 0 Å². The third kappa shape index (κ3) is 1.66. The maximum atomic E-state index is 5.42. The highest BCUT2D eigenvalue weighted by molar-refractivity contribution is 4.95. The summed E-state index contributed by atoms with van der Waals surface area (Å²) in [7, 11) is 0. The molecule has 2 N–H and O–H groups in total. The van der Waals surface area contributed by atoms with E-state index in [4.69, 9.17) is 10.3 Å². The van der Waals surface area contributed by atoms with Gasteiger partial charge in [0, 0.05) is 12.6 Å². The van der Waals surface area contributed by atoms with Crippen molar-refractivity contribution in [2.75, 3.05) is 6.54 Å². The smallest absolute Gasteiger partial charge is 0.240 e. The first-order valence-corrected chi connectivity index (χ1v) is 5.60. The van der Waals surface area contributed by atoms with Crippen molar-refractivity contribution >= 4 is 0 Å². The fourth-order valence-electron chi connectivity index (χ4n) is 2.84. The number of likely N-dealkylation sites (tertiary alicyclic amines) is 1. The van der Waals surface area contributed by atoms with Gasteiger partial charge in [0.05, 0.1) is 13.1 Å². The van der Waals surface area contributed by atoms with Crippen molar-refractivity contribution < 1.29 is 4.52 Å². The minimum absolute atomic E-state index is 0.332. The van der Waals surface area contributed by atoms with E-state index in [1.807, 2.05) is 0 Å². The molecule has 0 radical (unpaired) electrons. The van der Waals surface area contributed by atoms with Gasteiger partial charge in [0.15, 0.2) is 5.82 Å². The molecule has 0 aromatic carbocycles. The average Bonchev–Trinajstić information content (AvgIpc) is 2.92. The van der Waals surface area contributed by atoms with Crippen LogP contribution in [0, 0.1) is 5.92 Å². The van der Waals surface area contributed by atoms with Gasteiger partial charge >= 0.3 is 0 Å². The fraction of sp³-hybridized carbons (Fsp3) is 0.800. The van der Waals surface area contributed by atoms with Crippen molar-refractivity contribution in [1.29, 1.82) is 0 Å². The number of fused-ring (bicyclic) bond motifs is 2. The molecule has 2 aliphatic rings. The van der Waals surface area contributed by atoms with Crippen molar-refractivity contribution in [2.45, 2.75) is 38.4 Å². The van der Waals surface area contributed by atoms with Crippen LogP contribution in [0.5, 0.6) is 0 Å². The van der Waals surface area contributed by atoms with Crippen LogP contribution in [-0.2, 0) is 13.1 Å². The standard InChI is InChI=1S/C10H16N4O/c11-4-10-12-9(13-15-10)6-14-5-7-1-2-8(14)3-7/h7-8H,1-6,11H2. The molecule has 1 aromatic heterocycles. The fourth-order valence-corrected chi connectivity index (χ4v) is 2.84. The van der Waals surface area contributed by atoms with Crippen molar-refractivity contribution in [1.82, 2.24) is 15.0 Å². The predicted molar refractivity (Wildman–Crippen MR) is 53.7 cm³/mol. The summed E-state index contributed by atoms with van der Waals surface area (Å²) in [6.45, 7) is 2.36. The Morgan fingerprint density at radius 2 is 2.40 bits per heavy atom. The molecule has 1 aromatic rings. The van der Waals surface area contributed by atoms with E-state index in [0.29, 0.717) is 12.4 Å². The Balaban J connectivity index is 1.65. The minimum atomic E-state index is 0.332. The van der Waals surface area contributed by atoms with E-state index in [1.165, 1.54) is 25.8 Å². The summed E-state index contributed by atoms with van der Waals surface area (Å²) in [4.78, 5) is 6.70. The lowest BCUT2D eigenvalue weighted by molar-refractivity contribution is 0.198. The Labute approximate surface area is 88.6 Å². The summed E-state index contributed by atoms with van der Waals surface area (Å²) in [5.41, 5.74) is 5.42. The van der Waals surface area contributed by atoms with Gasteiger partial charge in [-0.05, 0) is 25.2 Å². The van der Waals surface area contributed by atoms with Crippen molar-refractivity contribution in [2.24, 2.45) is 11.7 Å². The summed E-state index contributed by atoms with van der Waals surface area (Å²) in [6, 6.07) is 0.759. The quantitative estimate of drug-likeness (QED) is 0.784. The molecule has 2 unspecified atom stereocenters. The monoisotopic (exact) mass is 208 g/mol. The van der Waals surface area contributed by atoms with Crippen LogP contribution in [0.1, 0.15) is 31.0 Å². The molecule has 5 nitrogen and oxygen atoms in total. The lowest BCUT2D eigenvalue weighted by Crippen LogP contribution is -2.31. The number of nitrogens with two attached hydrogens (primary N) is 1. The molecule has 1 saturated carbocycles. The second-order valence-corrected chi connectivity index (χ2v) is 4.57. The number of nitrogens with zero attached hydrogens (tertiary/aromatic N) is 3. The summed E-state index contributed by atoms with van der Waals surface area (Å²) < 4.78 is 4.99. The van der Waals surface area contributed by atoms with Crippen LogP contribution < -0.4 is 5.73 Å². The molecule has 1 saturated heterocycles. The van der Waals surface area contributed by atoms with E-state index in [2.05, 4.69) is 15.0 Å². The van der Waals surface area contributed by atoms with Gasteiger partial charge in [-0.15, -0.1) is 0 Å². The lowest BCUT2D eigenvalue weighted by Gasteiger charge is -2.24. The molecule has 3 rings (SSSR count). The molecule has 2 heterocycles. The SMILES string of the molecule is NCc1nc(CN2CC3CCC2C3)no1. The van der Waals surface area contributed by atoms with Gasteiger partial charge in [0.2, 0.25) is 5.89 Å². The van der Waals surface area contributed by atoms with Gasteiger partial charge in [-0.2, -0.15) is 4.98 Å². The molecular formula is C10H16N4O. The number of hydrogen-bond acceptors (Lipinski definition) is 5. The number of piperidine rings is 1. The van der Waals surface area contributed by atoms with Crippen LogP contribution in [0.25, 0.3) is 0 Å². The normalized spacial score (nSPS) is 30.2. The van der Waals surface area contributed by atoms with Gasteiger partial charge in [-0.3, -0.25) is 4.90 Å². The van der Waals surface area contributed by atoms with E-state index in [9.17, 15) is 0 Å². The first-order chi connectivity index (χ1) is 7.35. The molecule has 1 aliphatic heterocycles. The maximum absolute atomic E-state index is 5.42. The largest absolute Gasteiger partial charge is 0.338 e. The molecule has 82 valence electrons. The third-order valence-electron chi connectivity index (χ3n) is 3.55. The van der Waals surface area contributed by atoms with Gasteiger partial charge in [0.1, 0.15) is 0 Å². The number of hydrogen-bond donors (Lipinski definition) is 1. The minimum Gasteiger partial charge on any atom is -0.338 e. The summed E-state index contributed by atoms with van der Waals surface area (Å²) in [6.07, 6.45) is 4.11. The van der Waals surface area contributed by atoms with Gasteiger partial charge in [-0.1, -0.05) is 5.16 Å². The molecule has 2 fully saturated rings. The molecule has 0 spiro atoms. The van der Waals surface area contributed by atoms with E-state index in [-0.39, 0.29) is 0 Å². The van der Waals surface area contributed by atoms with Crippen LogP contribution in [0.15, 0.2) is 4.52 Å². The number of rotatable bonds is 3. The Bertz CT molecular complexity index is 351. The van der Waals surface area contributed by atoms with Crippen molar-refractivity contribution in [3.8, 4) is 0 Å². The highest BCUT2D eigenvalue weighted by Crippen LogP contribution is 2.37. The van der Waals surface area contributed by atoms with Crippen molar-refractivity contribution in [3.63, 3.8) is 0 Å². The Morgan fingerprint density at radius 3 is 3.00 bits per heavy atom. The van der Waals surface area contributed by atoms with E-state index >= 15 is 0 Å². The topological polar surface area (TPSA) is 68.2 Å². The molecular weight excluding hydrogens is 192 g/mol. The second kappa shape index (κ2) is 3.57. The van der Waals surface area contributed by atoms with Gasteiger partial charge < -0.3 is 10.3 Å². The molecule has 2 bridgehead atoms. The second-order valence-electron chi connectivity index (χ2n) is 4.57. The Hall–Kier alpha value is -0.940. The third-order valence-corrected chi connectivity index (χ3v) is 3.55. The van der Waals surface area contributed by atoms with E-state index in [1.54, 1.807) is 0 Å². The number of aromatic nitrogens is 2. The Morgan fingerprint density at radius 1 is 1.47 bits per heavy atom. The van der Waals surface area contributed by atoms with Crippen LogP contribution >= 0.6 is 0 Å². The first-order valence-electron chi connectivity index (χ1n) is 5.60. The Kier molecular flexibility index (Phi) is 2.21. The van der Waals surface area contributed by atoms with Crippen LogP contribution in [0.2, 0.25) is 0 Å². The maximum Gasteiger partial charge on any atom is 0.240 e.